The third-order valence-corrected chi connectivity index (χ3v) is 3.88. The van der Waals surface area contributed by atoms with Gasteiger partial charge in [0.05, 0.1) is 0 Å². The van der Waals surface area contributed by atoms with Gasteiger partial charge in [-0.05, 0) is 29.6 Å². The minimum Gasteiger partial charge on any atom is -0.179 e. The number of unbranched alkanes of at least 4 members (excludes halogenated alkanes) is 2. The highest BCUT2D eigenvalue weighted by Gasteiger charge is 2.02. The fourth-order valence-electron chi connectivity index (χ4n) is 1.00. The van der Waals surface area contributed by atoms with Gasteiger partial charge in [0.25, 0.3) is 0 Å². The predicted molar refractivity (Wildman–Crippen MR) is 64.5 cm³/mol. The average molecular weight is 206 g/mol. The average Bonchev–Trinajstić information content (AvgIpc) is 2.11. The van der Waals surface area contributed by atoms with Crippen molar-refractivity contribution in [2.75, 3.05) is 17.3 Å². The molecule has 0 bridgehead atoms. The first kappa shape index (κ1) is 12.7. The number of thiol groups is 1. The van der Waals surface area contributed by atoms with Crippen molar-refractivity contribution in [2.45, 2.75) is 39.5 Å². The van der Waals surface area contributed by atoms with Crippen LogP contribution < -0.4 is 0 Å². The van der Waals surface area contributed by atoms with Gasteiger partial charge >= 0.3 is 0 Å². The summed E-state index contributed by atoms with van der Waals surface area (Å²) in [4.78, 5) is 0. The molecular weight excluding hydrogens is 184 g/mol. The second kappa shape index (κ2) is 9.79. The molecule has 0 aromatic rings. The van der Waals surface area contributed by atoms with Crippen LogP contribution in [0.1, 0.15) is 39.5 Å². The first-order valence-electron chi connectivity index (χ1n) is 5.03. The monoisotopic (exact) mass is 206 g/mol. The second-order valence-electron chi connectivity index (χ2n) is 3.24. The fraction of sp³-hybridized carbons (Fsp3) is 1.00. The van der Waals surface area contributed by atoms with Crippen molar-refractivity contribution < 1.29 is 0 Å². The van der Waals surface area contributed by atoms with Crippen LogP contribution in [0.5, 0.6) is 0 Å². The zero-order valence-electron chi connectivity index (χ0n) is 8.38. The minimum absolute atomic E-state index is 0.833. The van der Waals surface area contributed by atoms with Crippen molar-refractivity contribution >= 4 is 24.4 Å². The van der Waals surface area contributed by atoms with Gasteiger partial charge in [-0.2, -0.15) is 24.4 Å². The van der Waals surface area contributed by atoms with Crippen LogP contribution in [0.4, 0.5) is 0 Å². The van der Waals surface area contributed by atoms with E-state index in [1.165, 1.54) is 37.2 Å². The van der Waals surface area contributed by atoms with Crippen LogP contribution in [0.25, 0.3) is 0 Å². The van der Waals surface area contributed by atoms with Crippen LogP contribution in [-0.4, -0.2) is 17.3 Å². The summed E-state index contributed by atoms with van der Waals surface area (Å²) < 4.78 is 0. The van der Waals surface area contributed by atoms with Crippen molar-refractivity contribution in [1.82, 2.24) is 0 Å². The molecule has 0 rings (SSSR count). The summed E-state index contributed by atoms with van der Waals surface area (Å²) in [5.74, 6) is 4.54. The molecule has 0 saturated heterocycles. The highest BCUT2D eigenvalue weighted by Crippen LogP contribution is 2.15. The van der Waals surface area contributed by atoms with Gasteiger partial charge in [-0.1, -0.05) is 33.1 Å². The molecule has 74 valence electrons. The molecule has 0 fully saturated rings. The fourth-order valence-corrected chi connectivity index (χ4v) is 2.83. The maximum atomic E-state index is 4.33. The molecule has 0 N–H and O–H groups in total. The van der Waals surface area contributed by atoms with Crippen molar-refractivity contribution in [3.8, 4) is 0 Å². The SMILES string of the molecule is CCCCCSCC(CC)CS. The summed E-state index contributed by atoms with van der Waals surface area (Å²) in [5.41, 5.74) is 0. The van der Waals surface area contributed by atoms with E-state index in [2.05, 4.69) is 38.2 Å². The Balaban J connectivity index is 3.06. The second-order valence-corrected chi connectivity index (χ2v) is 4.75. The lowest BCUT2D eigenvalue weighted by Gasteiger charge is -2.10. The van der Waals surface area contributed by atoms with Gasteiger partial charge in [0, 0.05) is 0 Å². The van der Waals surface area contributed by atoms with E-state index < -0.39 is 0 Å². The first-order chi connectivity index (χ1) is 5.85. The molecule has 0 aromatic carbocycles. The Kier molecular flexibility index (Phi) is 10.4. The zero-order valence-corrected chi connectivity index (χ0v) is 10.1. The van der Waals surface area contributed by atoms with E-state index in [9.17, 15) is 0 Å². The minimum atomic E-state index is 0.833. The molecule has 0 aliphatic rings. The van der Waals surface area contributed by atoms with E-state index in [-0.39, 0.29) is 0 Å². The standard InChI is InChI=1S/C10H22S2/c1-3-5-6-7-12-9-10(4-2)8-11/h10-11H,3-9H2,1-2H3. The Labute approximate surface area is 87.3 Å². The largest absolute Gasteiger partial charge is 0.179 e. The maximum Gasteiger partial charge on any atom is -0.00314 e. The van der Waals surface area contributed by atoms with Gasteiger partial charge in [0.15, 0.2) is 0 Å². The van der Waals surface area contributed by atoms with Gasteiger partial charge in [-0.15, -0.1) is 0 Å². The summed E-state index contributed by atoms with van der Waals surface area (Å²) in [6.45, 7) is 4.51. The van der Waals surface area contributed by atoms with Gasteiger partial charge in [0.1, 0.15) is 0 Å². The van der Waals surface area contributed by atoms with Crippen molar-refractivity contribution in [3.05, 3.63) is 0 Å². The smallest absolute Gasteiger partial charge is 0.00314 e. The van der Waals surface area contributed by atoms with Crippen molar-refractivity contribution in [2.24, 2.45) is 5.92 Å². The molecule has 0 aliphatic heterocycles. The number of hydrogen-bond donors (Lipinski definition) is 1. The van der Waals surface area contributed by atoms with E-state index in [4.69, 9.17) is 0 Å². The van der Waals surface area contributed by atoms with E-state index in [0.717, 1.165) is 11.7 Å². The number of thioether (sulfide) groups is 1. The first-order valence-corrected chi connectivity index (χ1v) is 6.82. The molecule has 0 radical (unpaired) electrons. The molecule has 12 heavy (non-hydrogen) atoms. The molecule has 0 amide bonds. The Morgan fingerprint density at radius 2 is 2.00 bits per heavy atom. The van der Waals surface area contributed by atoms with Crippen LogP contribution in [0.3, 0.4) is 0 Å². The Hall–Kier alpha value is 0.700. The molecule has 0 saturated carbocycles. The predicted octanol–water partition coefficient (Wildman–Crippen LogP) is 3.87. The lowest BCUT2D eigenvalue weighted by atomic mass is 10.2. The molecular formula is C10H22S2. The summed E-state index contributed by atoms with van der Waals surface area (Å²) in [7, 11) is 0. The Morgan fingerprint density at radius 3 is 2.50 bits per heavy atom. The summed E-state index contributed by atoms with van der Waals surface area (Å²) in [6.07, 6.45) is 5.41. The third-order valence-electron chi connectivity index (χ3n) is 2.08. The molecule has 0 spiro atoms. The number of rotatable bonds is 8. The molecule has 1 unspecified atom stereocenters. The van der Waals surface area contributed by atoms with E-state index in [0.29, 0.717) is 0 Å². The summed E-state index contributed by atoms with van der Waals surface area (Å²) in [5, 5.41) is 0. The molecule has 0 nitrogen and oxygen atoms in total. The van der Waals surface area contributed by atoms with Crippen LogP contribution >= 0.6 is 24.4 Å². The van der Waals surface area contributed by atoms with Crippen LogP contribution in [0.15, 0.2) is 0 Å². The number of hydrogen-bond acceptors (Lipinski definition) is 2. The molecule has 2 heteroatoms. The quantitative estimate of drug-likeness (QED) is 0.465. The van der Waals surface area contributed by atoms with Crippen molar-refractivity contribution in [1.29, 1.82) is 0 Å². The van der Waals surface area contributed by atoms with Crippen LogP contribution in [0, 0.1) is 5.92 Å². The molecule has 0 aliphatic carbocycles. The van der Waals surface area contributed by atoms with Crippen molar-refractivity contribution in [3.63, 3.8) is 0 Å². The highest BCUT2D eigenvalue weighted by atomic mass is 32.2. The molecule has 0 heterocycles. The van der Waals surface area contributed by atoms with Gasteiger partial charge < -0.3 is 0 Å². The van der Waals surface area contributed by atoms with E-state index in [1.54, 1.807) is 0 Å². The van der Waals surface area contributed by atoms with Gasteiger partial charge in [0.2, 0.25) is 0 Å². The summed E-state index contributed by atoms with van der Waals surface area (Å²) >= 11 is 6.43. The Morgan fingerprint density at radius 1 is 1.25 bits per heavy atom. The van der Waals surface area contributed by atoms with Crippen LogP contribution in [-0.2, 0) is 0 Å². The normalized spacial score (nSPS) is 13.2. The summed E-state index contributed by atoms with van der Waals surface area (Å²) in [6, 6.07) is 0. The Bertz CT molecular complexity index is 79.9. The lowest BCUT2D eigenvalue weighted by molar-refractivity contribution is 0.649. The molecule has 1 atom stereocenters. The highest BCUT2D eigenvalue weighted by molar-refractivity contribution is 7.99. The van der Waals surface area contributed by atoms with Crippen LogP contribution in [0.2, 0.25) is 0 Å². The van der Waals surface area contributed by atoms with Gasteiger partial charge in [-0.25, -0.2) is 0 Å². The van der Waals surface area contributed by atoms with Gasteiger partial charge in [-0.3, -0.25) is 0 Å². The maximum absolute atomic E-state index is 4.33. The molecule has 0 aromatic heterocycles. The van der Waals surface area contributed by atoms with E-state index in [1.807, 2.05) is 0 Å². The lowest BCUT2D eigenvalue weighted by Crippen LogP contribution is -2.04. The third kappa shape index (κ3) is 7.35. The zero-order chi connectivity index (χ0) is 9.23. The topological polar surface area (TPSA) is 0 Å². The van der Waals surface area contributed by atoms with E-state index >= 15 is 0 Å².